The van der Waals surface area contributed by atoms with Crippen molar-refractivity contribution in [3.63, 3.8) is 0 Å². The van der Waals surface area contributed by atoms with E-state index in [1.807, 2.05) is 55.1 Å². The lowest BCUT2D eigenvalue weighted by molar-refractivity contribution is 0.0746. The summed E-state index contributed by atoms with van der Waals surface area (Å²) in [5.41, 5.74) is 7.67. The van der Waals surface area contributed by atoms with E-state index in [9.17, 15) is 4.79 Å². The average Bonchev–Trinajstić information content (AvgIpc) is 3.20. The van der Waals surface area contributed by atoms with Gasteiger partial charge in [-0.15, -0.1) is 0 Å². The van der Waals surface area contributed by atoms with E-state index in [2.05, 4.69) is 22.4 Å². The van der Waals surface area contributed by atoms with E-state index in [1.54, 1.807) is 11.3 Å². The first-order valence-electron chi connectivity index (χ1n) is 10.5. The summed E-state index contributed by atoms with van der Waals surface area (Å²) in [6.45, 7) is 8.75. The number of hydrazone groups is 1. The second-order valence-electron chi connectivity index (χ2n) is 7.67. The molecule has 4 rings (SSSR count). The molecule has 2 aromatic carbocycles. The summed E-state index contributed by atoms with van der Waals surface area (Å²) >= 11 is 8.17. The number of carbonyl (C=O) groups excluding carboxylic acids is 1. The number of hydrogen-bond donors (Lipinski definition) is 1. The standard InChI is InChI=1S/C23H26ClN5OS/c1-4-16(3)26-27-23-25-20-19(31-23)10-9-18(24)21(20)28-11-13-29(14-12-28)22(30)17-8-6-5-7-15(17)2/h5-10H,4,11-14H2,1-3H3,(H,25,27)/b26-16-. The van der Waals surface area contributed by atoms with Crippen molar-refractivity contribution in [2.24, 2.45) is 5.10 Å². The molecule has 0 unspecified atom stereocenters. The fraction of sp³-hybridized carbons (Fsp3) is 0.348. The van der Waals surface area contributed by atoms with Crippen molar-refractivity contribution in [3.05, 3.63) is 52.5 Å². The van der Waals surface area contributed by atoms with Crippen LogP contribution in [0.25, 0.3) is 10.2 Å². The maximum absolute atomic E-state index is 12.9. The molecule has 1 N–H and O–H groups in total. The Morgan fingerprint density at radius 2 is 1.94 bits per heavy atom. The van der Waals surface area contributed by atoms with Crippen LogP contribution in [-0.2, 0) is 0 Å². The molecule has 0 radical (unpaired) electrons. The van der Waals surface area contributed by atoms with Gasteiger partial charge in [-0.2, -0.15) is 5.10 Å². The van der Waals surface area contributed by atoms with Crippen LogP contribution < -0.4 is 10.3 Å². The minimum atomic E-state index is 0.0892. The van der Waals surface area contributed by atoms with Gasteiger partial charge in [-0.05, 0) is 44.0 Å². The summed E-state index contributed by atoms with van der Waals surface area (Å²) in [7, 11) is 0. The summed E-state index contributed by atoms with van der Waals surface area (Å²) < 4.78 is 1.06. The maximum Gasteiger partial charge on any atom is 0.254 e. The lowest BCUT2D eigenvalue weighted by atomic mass is 10.1. The number of carbonyl (C=O) groups is 1. The van der Waals surface area contributed by atoms with E-state index in [4.69, 9.17) is 16.6 Å². The summed E-state index contributed by atoms with van der Waals surface area (Å²) in [5, 5.41) is 5.79. The first kappa shape index (κ1) is 21.6. The van der Waals surface area contributed by atoms with Crippen LogP contribution in [0.5, 0.6) is 0 Å². The number of thiazole rings is 1. The van der Waals surface area contributed by atoms with E-state index in [0.29, 0.717) is 31.2 Å². The molecule has 162 valence electrons. The molecule has 1 aliphatic heterocycles. The SMILES string of the molecule is CC/C(C)=N\Nc1nc2c(N3CCN(C(=O)c4ccccc4C)CC3)c(Cl)ccc2s1. The van der Waals surface area contributed by atoms with Crippen molar-refractivity contribution >= 4 is 55.6 Å². The molecule has 0 bridgehead atoms. The number of aryl methyl sites for hydroxylation is 1. The molecule has 31 heavy (non-hydrogen) atoms. The van der Waals surface area contributed by atoms with Gasteiger partial charge in [0.05, 0.1) is 15.4 Å². The molecular weight excluding hydrogens is 430 g/mol. The van der Waals surface area contributed by atoms with Gasteiger partial charge >= 0.3 is 0 Å². The highest BCUT2D eigenvalue weighted by atomic mass is 35.5. The molecule has 0 spiro atoms. The van der Waals surface area contributed by atoms with Crippen LogP contribution in [0.3, 0.4) is 0 Å². The summed E-state index contributed by atoms with van der Waals surface area (Å²) in [4.78, 5) is 21.9. The molecule has 2 heterocycles. The number of fused-ring (bicyclic) bond motifs is 1. The van der Waals surface area contributed by atoms with Crippen molar-refractivity contribution in [2.45, 2.75) is 27.2 Å². The number of halogens is 1. The lowest BCUT2D eigenvalue weighted by Crippen LogP contribution is -2.49. The van der Waals surface area contributed by atoms with Gasteiger partial charge in [0.2, 0.25) is 5.13 Å². The second kappa shape index (κ2) is 9.24. The normalized spacial score (nSPS) is 14.9. The minimum Gasteiger partial charge on any atom is -0.365 e. The number of nitrogens with zero attached hydrogens (tertiary/aromatic N) is 4. The number of amides is 1. The van der Waals surface area contributed by atoms with Crippen LogP contribution >= 0.6 is 22.9 Å². The first-order valence-corrected chi connectivity index (χ1v) is 11.7. The molecule has 1 aromatic heterocycles. The molecule has 1 saturated heterocycles. The number of aromatic nitrogens is 1. The Labute approximate surface area is 191 Å². The Hall–Kier alpha value is -2.64. The van der Waals surface area contributed by atoms with Crippen LogP contribution in [0.4, 0.5) is 10.8 Å². The molecule has 1 aliphatic rings. The highest BCUT2D eigenvalue weighted by molar-refractivity contribution is 7.22. The predicted octanol–water partition coefficient (Wildman–Crippen LogP) is 5.42. The van der Waals surface area contributed by atoms with Crippen LogP contribution in [0.15, 0.2) is 41.5 Å². The van der Waals surface area contributed by atoms with Crippen LogP contribution in [0.2, 0.25) is 5.02 Å². The Bertz CT molecular complexity index is 1130. The van der Waals surface area contributed by atoms with E-state index >= 15 is 0 Å². The molecule has 3 aromatic rings. The van der Waals surface area contributed by atoms with Gasteiger partial charge in [-0.3, -0.25) is 10.2 Å². The number of anilines is 2. The van der Waals surface area contributed by atoms with Gasteiger partial charge in [-0.1, -0.05) is 48.1 Å². The third-order valence-corrected chi connectivity index (χ3v) is 6.83. The zero-order chi connectivity index (χ0) is 22.0. The molecule has 0 saturated carbocycles. The van der Waals surface area contributed by atoms with Gasteiger partial charge in [0.25, 0.3) is 5.91 Å². The highest BCUT2D eigenvalue weighted by Gasteiger charge is 2.26. The second-order valence-corrected chi connectivity index (χ2v) is 9.11. The van der Waals surface area contributed by atoms with Gasteiger partial charge < -0.3 is 9.80 Å². The smallest absolute Gasteiger partial charge is 0.254 e. The molecule has 6 nitrogen and oxygen atoms in total. The third-order valence-electron chi connectivity index (χ3n) is 5.60. The van der Waals surface area contributed by atoms with Crippen molar-refractivity contribution in [3.8, 4) is 0 Å². The largest absolute Gasteiger partial charge is 0.365 e. The van der Waals surface area contributed by atoms with E-state index in [-0.39, 0.29) is 5.91 Å². The maximum atomic E-state index is 12.9. The quantitative estimate of drug-likeness (QED) is 0.412. The Morgan fingerprint density at radius 3 is 2.65 bits per heavy atom. The average molecular weight is 456 g/mol. The number of piperazine rings is 1. The molecule has 1 amide bonds. The Balaban J connectivity index is 1.53. The van der Waals surface area contributed by atoms with Crippen LogP contribution in [-0.4, -0.2) is 47.7 Å². The Kier molecular flexibility index (Phi) is 6.43. The van der Waals surface area contributed by atoms with Crippen molar-refractivity contribution in [2.75, 3.05) is 36.5 Å². The molecule has 8 heteroatoms. The van der Waals surface area contributed by atoms with E-state index in [1.165, 1.54) is 0 Å². The summed E-state index contributed by atoms with van der Waals surface area (Å²) in [6, 6.07) is 11.7. The van der Waals surface area contributed by atoms with Crippen molar-refractivity contribution < 1.29 is 4.79 Å². The summed E-state index contributed by atoms with van der Waals surface area (Å²) in [6.07, 6.45) is 0.889. The van der Waals surface area contributed by atoms with Crippen LogP contribution in [0.1, 0.15) is 36.2 Å². The van der Waals surface area contributed by atoms with Crippen molar-refractivity contribution in [1.29, 1.82) is 0 Å². The van der Waals surface area contributed by atoms with Crippen molar-refractivity contribution in [1.82, 2.24) is 9.88 Å². The topological polar surface area (TPSA) is 60.8 Å². The monoisotopic (exact) mass is 455 g/mol. The third kappa shape index (κ3) is 4.52. The van der Waals surface area contributed by atoms with E-state index < -0.39 is 0 Å². The minimum absolute atomic E-state index is 0.0892. The zero-order valence-corrected chi connectivity index (χ0v) is 19.6. The number of benzene rings is 2. The number of hydrogen-bond acceptors (Lipinski definition) is 6. The van der Waals surface area contributed by atoms with Gasteiger partial charge in [0.1, 0.15) is 5.52 Å². The molecule has 1 fully saturated rings. The molecule has 0 atom stereocenters. The lowest BCUT2D eigenvalue weighted by Gasteiger charge is -2.36. The fourth-order valence-corrected chi connectivity index (χ4v) is 4.73. The zero-order valence-electron chi connectivity index (χ0n) is 18.0. The predicted molar refractivity (Wildman–Crippen MR) is 131 cm³/mol. The highest BCUT2D eigenvalue weighted by Crippen LogP contribution is 2.38. The van der Waals surface area contributed by atoms with Gasteiger partial charge in [0, 0.05) is 37.5 Å². The van der Waals surface area contributed by atoms with Gasteiger partial charge in [-0.25, -0.2) is 4.98 Å². The summed E-state index contributed by atoms with van der Waals surface area (Å²) in [5.74, 6) is 0.0892. The van der Waals surface area contributed by atoms with Gasteiger partial charge in [0.15, 0.2) is 0 Å². The van der Waals surface area contributed by atoms with Crippen LogP contribution in [0, 0.1) is 6.92 Å². The number of rotatable bonds is 5. The molecular formula is C23H26ClN5OS. The Morgan fingerprint density at radius 1 is 1.19 bits per heavy atom. The first-order chi connectivity index (χ1) is 15.0. The van der Waals surface area contributed by atoms with E-state index in [0.717, 1.165) is 44.3 Å². The number of nitrogens with one attached hydrogen (secondary N) is 1. The fourth-order valence-electron chi connectivity index (χ4n) is 3.64. The molecule has 0 aliphatic carbocycles.